The Morgan fingerprint density at radius 1 is 0.967 bits per heavy atom. The first-order valence-electron chi connectivity index (χ1n) is 9.95. The summed E-state index contributed by atoms with van der Waals surface area (Å²) in [5.41, 5.74) is 3.05. The van der Waals surface area contributed by atoms with Crippen molar-refractivity contribution < 1.29 is 27.5 Å². The molecule has 2 aromatic rings. The van der Waals surface area contributed by atoms with Crippen molar-refractivity contribution in [2.75, 3.05) is 32.9 Å². The van der Waals surface area contributed by atoms with Crippen LogP contribution in [0, 0.1) is 0 Å². The van der Waals surface area contributed by atoms with E-state index in [1.807, 2.05) is 12.1 Å². The Morgan fingerprint density at radius 2 is 1.73 bits per heavy atom. The fourth-order valence-electron chi connectivity index (χ4n) is 3.76. The van der Waals surface area contributed by atoms with Gasteiger partial charge in [0.25, 0.3) is 0 Å². The Bertz CT molecular complexity index is 1070. The molecular weight excluding hydrogens is 406 g/mol. The number of hydrogen-bond acceptors (Lipinski definition) is 6. The van der Waals surface area contributed by atoms with Crippen LogP contribution in [0.2, 0.25) is 0 Å². The van der Waals surface area contributed by atoms with Crippen molar-refractivity contribution in [2.45, 2.75) is 24.2 Å². The zero-order valence-corrected chi connectivity index (χ0v) is 17.3. The highest BCUT2D eigenvalue weighted by Gasteiger charge is 2.27. The molecule has 0 bridgehead atoms. The number of hydrogen-bond donors (Lipinski definition) is 0. The van der Waals surface area contributed by atoms with Gasteiger partial charge in [-0.05, 0) is 54.7 Å². The van der Waals surface area contributed by atoms with Gasteiger partial charge in [0.15, 0.2) is 12.4 Å². The summed E-state index contributed by atoms with van der Waals surface area (Å²) >= 11 is 0. The Morgan fingerprint density at radius 3 is 2.53 bits per heavy atom. The standard InChI is InChI=1S/C22H23NO6S/c24-21(18-8-7-16-3-1-4-17(16)13-18)15-29-22(25)19-5-2-6-20(14-19)30(26,27)23-9-11-28-12-10-23/h2,5-8,13-14H,1,3-4,9-12,15H2. The summed E-state index contributed by atoms with van der Waals surface area (Å²) < 4.78 is 37.2. The van der Waals surface area contributed by atoms with E-state index in [9.17, 15) is 18.0 Å². The number of nitrogens with zero attached hydrogens (tertiary/aromatic N) is 1. The maximum Gasteiger partial charge on any atom is 0.338 e. The lowest BCUT2D eigenvalue weighted by molar-refractivity contribution is 0.0474. The Labute approximate surface area is 175 Å². The van der Waals surface area contributed by atoms with Gasteiger partial charge in [0.05, 0.1) is 23.7 Å². The van der Waals surface area contributed by atoms with Crippen molar-refractivity contribution in [1.82, 2.24) is 4.31 Å². The summed E-state index contributed by atoms with van der Waals surface area (Å²) in [5.74, 6) is -1.02. The van der Waals surface area contributed by atoms with Crippen LogP contribution in [-0.4, -0.2) is 57.4 Å². The molecule has 0 unspecified atom stereocenters. The highest BCUT2D eigenvalue weighted by molar-refractivity contribution is 7.89. The van der Waals surface area contributed by atoms with E-state index in [0.29, 0.717) is 18.8 Å². The largest absolute Gasteiger partial charge is 0.454 e. The second kappa shape index (κ2) is 8.67. The Kier molecular flexibility index (Phi) is 5.99. The highest BCUT2D eigenvalue weighted by Crippen LogP contribution is 2.23. The summed E-state index contributed by atoms with van der Waals surface area (Å²) in [6, 6.07) is 11.3. The SMILES string of the molecule is O=C(COC(=O)c1cccc(S(=O)(=O)N2CCOCC2)c1)c1ccc2c(c1)CCC2. The van der Waals surface area contributed by atoms with Crippen LogP contribution < -0.4 is 0 Å². The van der Waals surface area contributed by atoms with Gasteiger partial charge in [-0.25, -0.2) is 13.2 Å². The summed E-state index contributed by atoms with van der Waals surface area (Å²) in [5, 5.41) is 0. The van der Waals surface area contributed by atoms with Gasteiger partial charge in [0.2, 0.25) is 10.0 Å². The number of ether oxygens (including phenoxy) is 2. The van der Waals surface area contributed by atoms with Crippen LogP contribution >= 0.6 is 0 Å². The number of esters is 1. The van der Waals surface area contributed by atoms with E-state index in [0.717, 1.165) is 19.3 Å². The zero-order valence-electron chi connectivity index (χ0n) is 16.5. The molecule has 1 saturated heterocycles. The number of Topliss-reactive ketones (excluding diaryl/α,β-unsaturated/α-hetero) is 1. The molecule has 8 heteroatoms. The number of ketones is 1. The molecule has 0 amide bonds. The molecule has 0 N–H and O–H groups in total. The average Bonchev–Trinajstić information content (AvgIpc) is 3.26. The Balaban J connectivity index is 1.42. The van der Waals surface area contributed by atoms with Crippen LogP contribution in [0.3, 0.4) is 0 Å². The van der Waals surface area contributed by atoms with Crippen molar-refractivity contribution in [3.8, 4) is 0 Å². The third kappa shape index (κ3) is 4.30. The molecule has 0 spiro atoms. The van der Waals surface area contributed by atoms with Crippen molar-refractivity contribution in [2.24, 2.45) is 0 Å². The van der Waals surface area contributed by atoms with E-state index in [-0.39, 0.29) is 29.3 Å². The van der Waals surface area contributed by atoms with E-state index >= 15 is 0 Å². The normalized spacial score (nSPS) is 16.8. The van der Waals surface area contributed by atoms with Crippen molar-refractivity contribution in [3.05, 3.63) is 64.7 Å². The van der Waals surface area contributed by atoms with Crippen LogP contribution in [-0.2, 0) is 32.3 Å². The molecule has 2 aliphatic rings. The topological polar surface area (TPSA) is 90.0 Å². The molecule has 0 atom stereocenters. The first-order valence-corrected chi connectivity index (χ1v) is 11.4. The number of carbonyl (C=O) groups excluding carboxylic acids is 2. The maximum absolute atomic E-state index is 12.8. The molecule has 1 aliphatic heterocycles. The molecule has 0 radical (unpaired) electrons. The van der Waals surface area contributed by atoms with Gasteiger partial charge in [-0.3, -0.25) is 4.79 Å². The molecule has 4 rings (SSSR count). The fourth-order valence-corrected chi connectivity index (χ4v) is 5.22. The van der Waals surface area contributed by atoms with E-state index in [1.165, 1.54) is 39.7 Å². The molecule has 0 saturated carbocycles. The van der Waals surface area contributed by atoms with Crippen LogP contribution in [0.4, 0.5) is 0 Å². The number of carbonyl (C=O) groups is 2. The van der Waals surface area contributed by atoms with Crippen LogP contribution in [0.5, 0.6) is 0 Å². The third-order valence-corrected chi connectivity index (χ3v) is 7.33. The molecular formula is C22H23NO6S. The predicted octanol–water partition coefficient (Wildman–Crippen LogP) is 2.24. The Hall–Kier alpha value is -2.55. The number of sulfonamides is 1. The first kappa shape index (κ1) is 20.7. The molecule has 158 valence electrons. The molecule has 7 nitrogen and oxygen atoms in total. The van der Waals surface area contributed by atoms with Gasteiger partial charge in [0, 0.05) is 18.7 Å². The van der Waals surface area contributed by atoms with Gasteiger partial charge >= 0.3 is 5.97 Å². The summed E-state index contributed by atoms with van der Waals surface area (Å²) in [4.78, 5) is 24.9. The lowest BCUT2D eigenvalue weighted by Gasteiger charge is -2.26. The minimum atomic E-state index is -3.72. The quantitative estimate of drug-likeness (QED) is 0.517. The average molecular weight is 429 g/mol. The van der Waals surface area contributed by atoms with E-state index in [4.69, 9.17) is 9.47 Å². The smallest absolute Gasteiger partial charge is 0.338 e. The first-order chi connectivity index (χ1) is 14.4. The number of rotatable bonds is 6. The van der Waals surface area contributed by atoms with Gasteiger partial charge in [0.1, 0.15) is 0 Å². The van der Waals surface area contributed by atoms with Gasteiger partial charge in [-0.2, -0.15) is 4.31 Å². The summed E-state index contributed by atoms with van der Waals surface area (Å²) in [7, 11) is -3.72. The molecule has 1 fully saturated rings. The number of aryl methyl sites for hydroxylation is 2. The van der Waals surface area contributed by atoms with Gasteiger partial charge < -0.3 is 9.47 Å². The van der Waals surface area contributed by atoms with E-state index in [1.54, 1.807) is 6.07 Å². The van der Waals surface area contributed by atoms with E-state index in [2.05, 4.69) is 0 Å². The lowest BCUT2D eigenvalue weighted by atomic mass is 10.0. The van der Waals surface area contributed by atoms with Crippen molar-refractivity contribution in [3.63, 3.8) is 0 Å². The van der Waals surface area contributed by atoms with Gasteiger partial charge in [-0.1, -0.05) is 18.2 Å². The predicted molar refractivity (Wildman–Crippen MR) is 109 cm³/mol. The molecule has 1 aliphatic carbocycles. The van der Waals surface area contributed by atoms with E-state index < -0.39 is 22.6 Å². The fraction of sp³-hybridized carbons (Fsp3) is 0.364. The second-order valence-electron chi connectivity index (χ2n) is 7.38. The number of benzene rings is 2. The summed E-state index contributed by atoms with van der Waals surface area (Å²) in [6.07, 6.45) is 3.08. The lowest BCUT2D eigenvalue weighted by Crippen LogP contribution is -2.40. The van der Waals surface area contributed by atoms with Crippen LogP contribution in [0.25, 0.3) is 0 Å². The van der Waals surface area contributed by atoms with Crippen molar-refractivity contribution >= 4 is 21.8 Å². The number of fused-ring (bicyclic) bond motifs is 1. The molecule has 1 heterocycles. The monoisotopic (exact) mass is 429 g/mol. The third-order valence-electron chi connectivity index (χ3n) is 5.43. The zero-order chi connectivity index (χ0) is 21.1. The minimum absolute atomic E-state index is 0.0174. The summed E-state index contributed by atoms with van der Waals surface area (Å²) in [6.45, 7) is 0.828. The molecule has 2 aromatic carbocycles. The van der Waals surface area contributed by atoms with Gasteiger partial charge in [-0.15, -0.1) is 0 Å². The number of morpholine rings is 1. The molecule has 0 aromatic heterocycles. The maximum atomic E-state index is 12.8. The minimum Gasteiger partial charge on any atom is -0.454 e. The molecule has 30 heavy (non-hydrogen) atoms. The van der Waals surface area contributed by atoms with Crippen LogP contribution in [0.1, 0.15) is 38.3 Å². The second-order valence-corrected chi connectivity index (χ2v) is 9.32. The van der Waals surface area contributed by atoms with Crippen LogP contribution in [0.15, 0.2) is 47.4 Å². The highest BCUT2D eigenvalue weighted by atomic mass is 32.2. The van der Waals surface area contributed by atoms with Crippen molar-refractivity contribution in [1.29, 1.82) is 0 Å².